The second-order valence-corrected chi connectivity index (χ2v) is 6.97. The zero-order chi connectivity index (χ0) is 19.8. The van der Waals surface area contributed by atoms with Crippen molar-refractivity contribution in [3.8, 4) is 0 Å². The number of hydrogen-bond donors (Lipinski definition) is 1. The number of anilines is 1. The average molecular weight is 373 g/mol. The van der Waals surface area contributed by atoms with Crippen LogP contribution in [0.25, 0.3) is 0 Å². The summed E-state index contributed by atoms with van der Waals surface area (Å²) in [5.74, 6) is -1.68. The van der Waals surface area contributed by atoms with E-state index in [-0.39, 0.29) is 37.2 Å². The molecule has 8 nitrogen and oxygen atoms in total. The predicted molar refractivity (Wildman–Crippen MR) is 97.1 cm³/mol. The van der Waals surface area contributed by atoms with Gasteiger partial charge < -0.3 is 14.9 Å². The molecule has 0 saturated carbocycles. The SMILES string of the molecule is CCN(CCC(=O)O)C(=O)CN1C(=O)c2ccccc2N2C(=O)CCC12C. The van der Waals surface area contributed by atoms with Crippen molar-refractivity contribution in [2.75, 3.05) is 24.5 Å². The van der Waals surface area contributed by atoms with E-state index >= 15 is 0 Å². The molecule has 2 heterocycles. The Bertz CT molecular complexity index is 808. The van der Waals surface area contributed by atoms with Crippen LogP contribution in [0.3, 0.4) is 0 Å². The maximum atomic E-state index is 13.1. The Labute approximate surface area is 157 Å². The fraction of sp³-hybridized carbons (Fsp3) is 0.474. The largest absolute Gasteiger partial charge is 0.481 e. The van der Waals surface area contributed by atoms with Crippen molar-refractivity contribution < 1.29 is 24.3 Å². The number of carbonyl (C=O) groups excluding carboxylic acids is 3. The number of benzene rings is 1. The van der Waals surface area contributed by atoms with Crippen molar-refractivity contribution in [2.45, 2.75) is 38.8 Å². The highest BCUT2D eigenvalue weighted by atomic mass is 16.4. The number of amides is 3. The fourth-order valence-corrected chi connectivity index (χ4v) is 3.87. The summed E-state index contributed by atoms with van der Waals surface area (Å²) in [6, 6.07) is 6.91. The van der Waals surface area contributed by atoms with E-state index in [9.17, 15) is 19.2 Å². The highest BCUT2D eigenvalue weighted by Crippen LogP contribution is 2.43. The summed E-state index contributed by atoms with van der Waals surface area (Å²) in [5.41, 5.74) is 0.0748. The van der Waals surface area contributed by atoms with Crippen LogP contribution in [0, 0.1) is 0 Å². The van der Waals surface area contributed by atoms with E-state index in [0.29, 0.717) is 30.6 Å². The third kappa shape index (κ3) is 3.15. The van der Waals surface area contributed by atoms with Crippen molar-refractivity contribution in [3.05, 3.63) is 29.8 Å². The maximum Gasteiger partial charge on any atom is 0.305 e. The standard InChI is InChI=1S/C19H23N3O5/c1-3-20(11-9-17(25)26)16(24)12-21-18(27)13-6-4-5-7-14(13)22-15(23)8-10-19(21,22)2/h4-7H,3,8-12H2,1-2H3,(H,25,26). The molecule has 0 spiro atoms. The van der Waals surface area contributed by atoms with E-state index in [1.807, 2.05) is 0 Å². The van der Waals surface area contributed by atoms with Gasteiger partial charge in [0.05, 0.1) is 17.7 Å². The minimum absolute atomic E-state index is 0.0758. The summed E-state index contributed by atoms with van der Waals surface area (Å²) in [5, 5.41) is 8.86. The van der Waals surface area contributed by atoms with Crippen molar-refractivity contribution in [1.29, 1.82) is 0 Å². The fourth-order valence-electron chi connectivity index (χ4n) is 3.87. The quantitative estimate of drug-likeness (QED) is 0.811. The van der Waals surface area contributed by atoms with E-state index in [2.05, 4.69) is 0 Å². The number of carboxylic acid groups (broad SMARTS) is 1. The van der Waals surface area contributed by atoms with Crippen LogP contribution in [0.4, 0.5) is 5.69 Å². The van der Waals surface area contributed by atoms with Gasteiger partial charge in [0.2, 0.25) is 11.8 Å². The molecule has 1 unspecified atom stereocenters. The Morgan fingerprint density at radius 3 is 2.63 bits per heavy atom. The van der Waals surface area contributed by atoms with E-state index in [4.69, 9.17) is 5.11 Å². The summed E-state index contributed by atoms with van der Waals surface area (Å²) in [4.78, 5) is 53.7. The van der Waals surface area contributed by atoms with Crippen LogP contribution in [0.1, 0.15) is 43.5 Å². The topological polar surface area (TPSA) is 98.2 Å². The number of likely N-dealkylation sites (N-methyl/N-ethyl adjacent to an activating group) is 1. The lowest BCUT2D eigenvalue weighted by molar-refractivity contribution is -0.139. The molecule has 1 atom stereocenters. The van der Waals surface area contributed by atoms with Crippen LogP contribution in [-0.4, -0.2) is 63.9 Å². The smallest absolute Gasteiger partial charge is 0.305 e. The van der Waals surface area contributed by atoms with Gasteiger partial charge in [0.15, 0.2) is 0 Å². The number of carbonyl (C=O) groups is 4. The molecule has 0 radical (unpaired) electrons. The Morgan fingerprint density at radius 2 is 1.96 bits per heavy atom. The van der Waals surface area contributed by atoms with Gasteiger partial charge in [-0.25, -0.2) is 0 Å². The van der Waals surface area contributed by atoms with E-state index in [1.165, 1.54) is 9.80 Å². The molecule has 8 heteroatoms. The number of nitrogens with zero attached hydrogens (tertiary/aromatic N) is 3. The molecule has 2 aliphatic heterocycles. The molecule has 1 aromatic carbocycles. The first-order valence-corrected chi connectivity index (χ1v) is 9.03. The molecule has 3 amide bonds. The van der Waals surface area contributed by atoms with Gasteiger partial charge in [-0.15, -0.1) is 0 Å². The van der Waals surface area contributed by atoms with Gasteiger partial charge in [0.1, 0.15) is 12.2 Å². The zero-order valence-electron chi connectivity index (χ0n) is 15.5. The summed E-state index contributed by atoms with van der Waals surface area (Å²) >= 11 is 0. The van der Waals surface area contributed by atoms with Crippen LogP contribution < -0.4 is 4.90 Å². The average Bonchev–Trinajstić information content (AvgIpc) is 2.94. The zero-order valence-corrected chi connectivity index (χ0v) is 15.5. The Kier molecular flexibility index (Phi) is 4.91. The first kappa shape index (κ1) is 18.9. The number of carboxylic acids is 1. The minimum atomic E-state index is -0.983. The first-order chi connectivity index (χ1) is 12.8. The summed E-state index contributed by atoms with van der Waals surface area (Å²) < 4.78 is 0. The molecule has 144 valence electrons. The molecule has 1 fully saturated rings. The molecule has 1 aromatic rings. The highest BCUT2D eigenvalue weighted by molar-refractivity contribution is 6.11. The summed E-state index contributed by atoms with van der Waals surface area (Å²) in [7, 11) is 0. The maximum absolute atomic E-state index is 13.1. The molecular weight excluding hydrogens is 350 g/mol. The summed E-state index contributed by atoms with van der Waals surface area (Å²) in [6.07, 6.45) is 0.595. The normalized spacial score (nSPS) is 21.1. The lowest BCUT2D eigenvalue weighted by Gasteiger charge is -2.48. The number of fused-ring (bicyclic) bond motifs is 3. The molecular formula is C19H23N3O5. The predicted octanol–water partition coefficient (Wildman–Crippen LogP) is 1.31. The lowest BCUT2D eigenvalue weighted by Crippen LogP contribution is -2.64. The van der Waals surface area contributed by atoms with Gasteiger partial charge >= 0.3 is 5.97 Å². The molecule has 0 aromatic heterocycles. The van der Waals surface area contributed by atoms with Crippen molar-refractivity contribution in [1.82, 2.24) is 9.80 Å². The minimum Gasteiger partial charge on any atom is -0.481 e. The van der Waals surface area contributed by atoms with Crippen molar-refractivity contribution in [2.24, 2.45) is 0 Å². The second-order valence-electron chi connectivity index (χ2n) is 6.97. The van der Waals surface area contributed by atoms with E-state index in [1.54, 1.807) is 43.0 Å². The molecule has 0 bridgehead atoms. The molecule has 3 rings (SSSR count). The Hall–Kier alpha value is -2.90. The molecule has 27 heavy (non-hydrogen) atoms. The molecule has 1 N–H and O–H groups in total. The van der Waals surface area contributed by atoms with Crippen LogP contribution in [0.15, 0.2) is 24.3 Å². The van der Waals surface area contributed by atoms with Crippen LogP contribution >= 0.6 is 0 Å². The second kappa shape index (κ2) is 7.02. The van der Waals surface area contributed by atoms with Gasteiger partial charge in [0, 0.05) is 19.5 Å². The lowest BCUT2D eigenvalue weighted by atomic mass is 9.98. The number of hydrogen-bond acceptors (Lipinski definition) is 4. The monoisotopic (exact) mass is 373 g/mol. The Balaban J connectivity index is 1.91. The van der Waals surface area contributed by atoms with Gasteiger partial charge in [-0.2, -0.15) is 0 Å². The first-order valence-electron chi connectivity index (χ1n) is 9.03. The van der Waals surface area contributed by atoms with Crippen LogP contribution in [0.5, 0.6) is 0 Å². The van der Waals surface area contributed by atoms with E-state index < -0.39 is 11.6 Å². The van der Waals surface area contributed by atoms with Crippen LogP contribution in [-0.2, 0) is 14.4 Å². The number of para-hydroxylation sites is 1. The molecule has 1 saturated heterocycles. The third-order valence-electron chi connectivity index (χ3n) is 5.37. The van der Waals surface area contributed by atoms with Crippen molar-refractivity contribution >= 4 is 29.4 Å². The highest BCUT2D eigenvalue weighted by Gasteiger charge is 2.53. The van der Waals surface area contributed by atoms with Gasteiger partial charge in [-0.3, -0.25) is 24.1 Å². The third-order valence-corrected chi connectivity index (χ3v) is 5.37. The van der Waals surface area contributed by atoms with Crippen molar-refractivity contribution in [3.63, 3.8) is 0 Å². The molecule has 0 aliphatic carbocycles. The Morgan fingerprint density at radius 1 is 1.26 bits per heavy atom. The van der Waals surface area contributed by atoms with E-state index in [0.717, 1.165) is 0 Å². The van der Waals surface area contributed by atoms with Gasteiger partial charge in [0.25, 0.3) is 5.91 Å². The number of aliphatic carboxylic acids is 1. The number of rotatable bonds is 6. The van der Waals surface area contributed by atoms with Gasteiger partial charge in [-0.05, 0) is 32.4 Å². The molecule has 2 aliphatic rings. The van der Waals surface area contributed by atoms with Gasteiger partial charge in [-0.1, -0.05) is 12.1 Å². The van der Waals surface area contributed by atoms with Crippen LogP contribution in [0.2, 0.25) is 0 Å². The summed E-state index contributed by atoms with van der Waals surface area (Å²) in [6.45, 7) is 3.81.